The molecule has 0 aromatic heterocycles. The van der Waals surface area contributed by atoms with Gasteiger partial charge in [0.05, 0.1) is 0 Å². The molecule has 0 unspecified atom stereocenters. The quantitative estimate of drug-likeness (QED) is 0.831. The Morgan fingerprint density at radius 3 is 2.50 bits per heavy atom. The Morgan fingerprint density at radius 2 is 1.95 bits per heavy atom. The normalized spacial score (nSPS) is 31.1. The summed E-state index contributed by atoms with van der Waals surface area (Å²) < 4.78 is 0. The summed E-state index contributed by atoms with van der Waals surface area (Å²) in [6, 6.07) is 0. The maximum absolute atomic E-state index is 12.7. The maximum atomic E-state index is 12.7. The van der Waals surface area contributed by atoms with Crippen molar-refractivity contribution >= 4 is 5.78 Å². The molecule has 0 heterocycles. The summed E-state index contributed by atoms with van der Waals surface area (Å²) in [5.74, 6) is -0.131. The van der Waals surface area contributed by atoms with E-state index in [1.165, 1.54) is 5.57 Å². The molecule has 1 atom stereocenters. The molecule has 3 heteroatoms. The van der Waals surface area contributed by atoms with Gasteiger partial charge in [-0.2, -0.15) is 0 Å². The number of aliphatic hydroxyl groups excluding tert-OH is 1. The van der Waals surface area contributed by atoms with Gasteiger partial charge in [-0.1, -0.05) is 5.57 Å². The van der Waals surface area contributed by atoms with Gasteiger partial charge in [0.25, 0.3) is 0 Å². The molecule has 0 amide bonds. The van der Waals surface area contributed by atoms with Gasteiger partial charge < -0.3 is 10.2 Å². The number of hydrogen-bond donors (Lipinski definition) is 2. The molecule has 1 saturated carbocycles. The number of carbonyl (C=O) groups excluding carboxylic acids is 1. The van der Waals surface area contributed by atoms with Crippen LogP contribution in [0.5, 0.6) is 0 Å². The highest BCUT2D eigenvalue weighted by Crippen LogP contribution is 2.65. The molecule has 1 spiro atoms. The number of rotatable bonds is 3. The fraction of sp³-hybridized carbons (Fsp3) is 0.588. The van der Waals surface area contributed by atoms with Crippen molar-refractivity contribution in [2.45, 2.75) is 52.1 Å². The molecule has 0 radical (unpaired) electrons. The molecule has 0 aromatic carbocycles. The predicted molar refractivity (Wildman–Crippen MR) is 77.1 cm³/mol. The van der Waals surface area contributed by atoms with Gasteiger partial charge in [-0.25, -0.2) is 0 Å². The van der Waals surface area contributed by atoms with E-state index in [4.69, 9.17) is 5.11 Å². The number of fused-ring (bicyclic) bond motifs is 1. The van der Waals surface area contributed by atoms with Crippen molar-refractivity contribution < 1.29 is 15.0 Å². The molecular formula is C17H22O3. The van der Waals surface area contributed by atoms with Gasteiger partial charge in [-0.15, -0.1) is 0 Å². The fourth-order valence-corrected chi connectivity index (χ4v) is 3.99. The molecule has 20 heavy (non-hydrogen) atoms. The van der Waals surface area contributed by atoms with Crippen LogP contribution in [-0.2, 0) is 4.79 Å². The van der Waals surface area contributed by atoms with Crippen LogP contribution in [0, 0.1) is 5.41 Å². The Bertz CT molecular complexity index is 583. The van der Waals surface area contributed by atoms with E-state index in [0.29, 0.717) is 12.0 Å². The molecule has 2 N–H and O–H groups in total. The predicted octanol–water partition coefficient (Wildman–Crippen LogP) is 2.45. The zero-order valence-electron chi connectivity index (χ0n) is 12.4. The summed E-state index contributed by atoms with van der Waals surface area (Å²) >= 11 is 0. The van der Waals surface area contributed by atoms with Gasteiger partial charge >= 0.3 is 0 Å². The number of aliphatic hydroxyl groups is 2. The van der Waals surface area contributed by atoms with Crippen LogP contribution in [0.4, 0.5) is 0 Å². The highest BCUT2D eigenvalue weighted by atomic mass is 16.3. The second kappa shape index (κ2) is 4.15. The Labute approximate surface area is 119 Å². The SMILES string of the molecule is CC1=C(CCCO)C2=C(C)C3(CC3)[C@@](C)(O)C(=O)C2=C1. The zero-order chi connectivity index (χ0) is 14.7. The standard InChI is InChI=1S/C17H22O3/c1-10-9-13-14(12(10)5-4-8-18)11(2)17(6-7-17)16(3,20)15(13)19/h9,18,20H,4-8H2,1-3H3/t16-/m0/s1. The molecule has 1 fully saturated rings. The fourth-order valence-electron chi connectivity index (χ4n) is 3.99. The lowest BCUT2D eigenvalue weighted by Crippen LogP contribution is -2.49. The minimum absolute atomic E-state index is 0.131. The van der Waals surface area contributed by atoms with Crippen LogP contribution < -0.4 is 0 Å². The summed E-state index contributed by atoms with van der Waals surface area (Å²) in [5, 5.41) is 19.8. The van der Waals surface area contributed by atoms with Gasteiger partial charge in [0.15, 0.2) is 5.78 Å². The molecule has 0 saturated heterocycles. The number of ketones is 1. The molecule has 3 aliphatic rings. The first kappa shape index (κ1) is 13.8. The molecule has 3 aliphatic carbocycles. The van der Waals surface area contributed by atoms with Crippen molar-refractivity contribution in [1.82, 2.24) is 0 Å². The van der Waals surface area contributed by atoms with E-state index in [2.05, 4.69) is 6.92 Å². The topological polar surface area (TPSA) is 57.5 Å². The lowest BCUT2D eigenvalue weighted by Gasteiger charge is -2.39. The van der Waals surface area contributed by atoms with Crippen molar-refractivity contribution in [3.63, 3.8) is 0 Å². The van der Waals surface area contributed by atoms with E-state index in [-0.39, 0.29) is 17.8 Å². The van der Waals surface area contributed by atoms with E-state index >= 15 is 0 Å². The third kappa shape index (κ3) is 1.51. The monoisotopic (exact) mass is 274 g/mol. The van der Waals surface area contributed by atoms with Crippen LogP contribution in [0.2, 0.25) is 0 Å². The van der Waals surface area contributed by atoms with Gasteiger partial charge in [-0.3, -0.25) is 4.79 Å². The summed E-state index contributed by atoms with van der Waals surface area (Å²) in [4.78, 5) is 12.7. The van der Waals surface area contributed by atoms with Crippen molar-refractivity contribution in [3.05, 3.63) is 33.9 Å². The second-order valence-electron chi connectivity index (χ2n) is 6.53. The van der Waals surface area contributed by atoms with Crippen LogP contribution >= 0.6 is 0 Å². The number of Topliss-reactive ketones (excluding diaryl/α,β-unsaturated/α-hetero) is 1. The maximum Gasteiger partial charge on any atom is 0.195 e. The van der Waals surface area contributed by atoms with Crippen molar-refractivity contribution in [3.8, 4) is 0 Å². The minimum Gasteiger partial charge on any atom is -0.396 e. The third-order valence-electron chi connectivity index (χ3n) is 5.45. The molecule has 0 bridgehead atoms. The molecular weight excluding hydrogens is 252 g/mol. The summed E-state index contributed by atoms with van der Waals surface area (Å²) in [6.07, 6.45) is 5.20. The van der Waals surface area contributed by atoms with Crippen molar-refractivity contribution in [1.29, 1.82) is 0 Å². The first-order valence-electron chi connectivity index (χ1n) is 7.38. The average molecular weight is 274 g/mol. The number of allylic oxidation sites excluding steroid dienone is 4. The smallest absolute Gasteiger partial charge is 0.195 e. The summed E-state index contributed by atoms with van der Waals surface area (Å²) in [5.41, 5.74) is 3.58. The van der Waals surface area contributed by atoms with E-state index in [1.807, 2.05) is 13.0 Å². The molecule has 108 valence electrons. The lowest BCUT2D eigenvalue weighted by atomic mass is 9.67. The van der Waals surface area contributed by atoms with Crippen LogP contribution in [0.15, 0.2) is 33.9 Å². The number of hydrogen-bond acceptors (Lipinski definition) is 3. The molecule has 0 aromatic rings. The van der Waals surface area contributed by atoms with Crippen LogP contribution in [0.1, 0.15) is 46.5 Å². The Kier molecular flexibility index (Phi) is 2.86. The summed E-state index contributed by atoms with van der Waals surface area (Å²) in [6.45, 7) is 5.91. The van der Waals surface area contributed by atoms with Gasteiger partial charge in [0.1, 0.15) is 5.60 Å². The van der Waals surface area contributed by atoms with E-state index in [1.54, 1.807) is 6.92 Å². The van der Waals surface area contributed by atoms with E-state index in [9.17, 15) is 9.90 Å². The Balaban J connectivity index is 2.13. The molecule has 3 nitrogen and oxygen atoms in total. The first-order chi connectivity index (χ1) is 9.37. The minimum atomic E-state index is -1.26. The number of carbonyl (C=O) groups is 1. The van der Waals surface area contributed by atoms with Gasteiger partial charge in [0.2, 0.25) is 0 Å². The van der Waals surface area contributed by atoms with Crippen LogP contribution in [-0.4, -0.2) is 28.2 Å². The van der Waals surface area contributed by atoms with Crippen molar-refractivity contribution in [2.24, 2.45) is 5.41 Å². The third-order valence-corrected chi connectivity index (χ3v) is 5.45. The van der Waals surface area contributed by atoms with Crippen molar-refractivity contribution in [2.75, 3.05) is 6.61 Å². The highest BCUT2D eigenvalue weighted by molar-refractivity contribution is 6.10. The van der Waals surface area contributed by atoms with Gasteiger partial charge in [0, 0.05) is 17.6 Å². The zero-order valence-corrected chi connectivity index (χ0v) is 12.4. The summed E-state index contributed by atoms with van der Waals surface area (Å²) in [7, 11) is 0. The lowest BCUT2D eigenvalue weighted by molar-refractivity contribution is -0.137. The van der Waals surface area contributed by atoms with Gasteiger partial charge in [-0.05, 0) is 69.2 Å². The largest absolute Gasteiger partial charge is 0.396 e. The molecule has 3 rings (SSSR count). The van der Waals surface area contributed by atoms with Crippen LogP contribution in [0.25, 0.3) is 0 Å². The molecule has 0 aliphatic heterocycles. The first-order valence-corrected chi connectivity index (χ1v) is 7.38. The highest BCUT2D eigenvalue weighted by Gasteiger charge is 2.64. The Hall–Kier alpha value is -1.19. The second-order valence-corrected chi connectivity index (χ2v) is 6.53. The van der Waals surface area contributed by atoms with E-state index < -0.39 is 5.60 Å². The van der Waals surface area contributed by atoms with Crippen LogP contribution in [0.3, 0.4) is 0 Å². The average Bonchev–Trinajstić information content (AvgIpc) is 3.14. The Morgan fingerprint density at radius 1 is 1.30 bits per heavy atom. The van der Waals surface area contributed by atoms with E-state index in [0.717, 1.165) is 36.0 Å².